The van der Waals surface area contributed by atoms with Crippen LogP contribution in [-0.4, -0.2) is 35.6 Å². The molecule has 1 atom stereocenters. The van der Waals surface area contributed by atoms with E-state index >= 15 is 0 Å². The molecule has 0 bridgehead atoms. The van der Waals surface area contributed by atoms with Gasteiger partial charge in [-0.3, -0.25) is 0 Å². The molecule has 6 nitrogen and oxygen atoms in total. The standard InChI is InChI=1S/C19H19Cl2N3O3/c1-10-16(12-5-4-11(26-3)8-14(12)20)19-22-17-13(18(21)24(19)23-10)6-7-15(17)27-9-25-2/h4-5,8,15H,6-7,9H2,1-3H3. The Hall–Kier alpha value is -1.86. The first-order chi connectivity index (χ1) is 13.0. The van der Waals surface area contributed by atoms with Crippen molar-refractivity contribution in [1.82, 2.24) is 14.6 Å². The zero-order valence-corrected chi connectivity index (χ0v) is 16.8. The average Bonchev–Trinajstić information content (AvgIpc) is 3.21. The van der Waals surface area contributed by atoms with Gasteiger partial charge in [0.05, 0.1) is 29.1 Å². The number of halogens is 2. The van der Waals surface area contributed by atoms with Crippen LogP contribution in [0.5, 0.6) is 5.75 Å². The highest BCUT2D eigenvalue weighted by atomic mass is 35.5. The molecule has 0 saturated heterocycles. The molecule has 0 N–H and O–H groups in total. The summed E-state index contributed by atoms with van der Waals surface area (Å²) in [6, 6.07) is 5.55. The molecule has 142 valence electrons. The van der Waals surface area contributed by atoms with Crippen molar-refractivity contribution >= 4 is 28.8 Å². The lowest BCUT2D eigenvalue weighted by Gasteiger charge is -2.13. The number of nitrogens with zero attached hydrogens (tertiary/aromatic N) is 3. The minimum atomic E-state index is -0.142. The molecular weight excluding hydrogens is 389 g/mol. The van der Waals surface area contributed by atoms with Crippen LogP contribution in [0.1, 0.15) is 29.5 Å². The van der Waals surface area contributed by atoms with Gasteiger partial charge in [0.25, 0.3) is 0 Å². The second-order valence-electron chi connectivity index (χ2n) is 6.41. The minimum Gasteiger partial charge on any atom is -0.497 e. The molecule has 1 unspecified atom stereocenters. The Morgan fingerprint density at radius 3 is 2.78 bits per heavy atom. The Bertz CT molecular complexity index is 1020. The van der Waals surface area contributed by atoms with Gasteiger partial charge in [-0.25, -0.2) is 9.50 Å². The fourth-order valence-corrected chi connectivity index (χ4v) is 4.11. The topological polar surface area (TPSA) is 57.9 Å². The summed E-state index contributed by atoms with van der Waals surface area (Å²) in [5.41, 5.74) is 4.96. The minimum absolute atomic E-state index is 0.142. The SMILES string of the molecule is COCOC1CCc2c1nc1c(-c3ccc(OC)cc3Cl)c(C)nn1c2Cl. The zero-order chi connectivity index (χ0) is 19.1. The van der Waals surface area contributed by atoms with Crippen LogP contribution >= 0.6 is 23.2 Å². The van der Waals surface area contributed by atoms with E-state index in [0.29, 0.717) is 21.6 Å². The Kier molecular flexibility index (Phi) is 4.99. The van der Waals surface area contributed by atoms with E-state index < -0.39 is 0 Å². The molecule has 0 fully saturated rings. The second kappa shape index (κ2) is 7.28. The maximum Gasteiger partial charge on any atom is 0.165 e. The first-order valence-electron chi connectivity index (χ1n) is 8.57. The molecule has 0 amide bonds. The van der Waals surface area contributed by atoms with Gasteiger partial charge in [0.1, 0.15) is 23.8 Å². The third kappa shape index (κ3) is 3.06. The van der Waals surface area contributed by atoms with E-state index in [0.717, 1.165) is 40.9 Å². The van der Waals surface area contributed by atoms with E-state index in [1.54, 1.807) is 24.8 Å². The van der Waals surface area contributed by atoms with Gasteiger partial charge in [0, 0.05) is 18.2 Å². The zero-order valence-electron chi connectivity index (χ0n) is 15.3. The van der Waals surface area contributed by atoms with Gasteiger partial charge in [-0.2, -0.15) is 5.10 Å². The maximum absolute atomic E-state index is 6.67. The fourth-order valence-electron chi connectivity index (χ4n) is 3.53. The highest BCUT2D eigenvalue weighted by Crippen LogP contribution is 2.41. The Balaban J connectivity index is 1.90. The molecule has 3 aromatic rings. The van der Waals surface area contributed by atoms with Crippen LogP contribution in [0.25, 0.3) is 16.8 Å². The summed E-state index contributed by atoms with van der Waals surface area (Å²) in [4.78, 5) is 4.88. The smallest absolute Gasteiger partial charge is 0.165 e. The molecule has 1 aliphatic rings. The van der Waals surface area contributed by atoms with Crippen LogP contribution in [0.15, 0.2) is 18.2 Å². The van der Waals surface area contributed by atoms with Gasteiger partial charge in [-0.15, -0.1) is 0 Å². The highest BCUT2D eigenvalue weighted by Gasteiger charge is 2.30. The van der Waals surface area contributed by atoms with Crippen molar-refractivity contribution in [2.75, 3.05) is 21.0 Å². The molecule has 4 rings (SSSR count). The van der Waals surface area contributed by atoms with E-state index in [4.69, 9.17) is 42.4 Å². The predicted octanol–water partition coefficient (Wildman–Crippen LogP) is 4.63. The summed E-state index contributed by atoms with van der Waals surface area (Å²) in [6.45, 7) is 2.13. The van der Waals surface area contributed by atoms with Gasteiger partial charge in [0.2, 0.25) is 0 Å². The Labute approximate surface area is 167 Å². The first-order valence-corrected chi connectivity index (χ1v) is 9.32. The van der Waals surface area contributed by atoms with Gasteiger partial charge >= 0.3 is 0 Å². The average molecular weight is 408 g/mol. The van der Waals surface area contributed by atoms with Gasteiger partial charge in [-0.05, 0) is 38.0 Å². The summed E-state index contributed by atoms with van der Waals surface area (Å²) >= 11 is 13.2. The number of hydrogen-bond donors (Lipinski definition) is 0. The number of benzene rings is 1. The molecular formula is C19H19Cl2N3O3. The van der Waals surface area contributed by atoms with E-state index in [-0.39, 0.29) is 12.9 Å². The lowest BCUT2D eigenvalue weighted by Crippen LogP contribution is -2.07. The van der Waals surface area contributed by atoms with Gasteiger partial charge < -0.3 is 14.2 Å². The third-order valence-electron chi connectivity index (χ3n) is 4.80. The fraction of sp³-hybridized carbons (Fsp3) is 0.368. The third-order valence-corrected chi connectivity index (χ3v) is 5.50. The largest absolute Gasteiger partial charge is 0.497 e. The summed E-state index contributed by atoms with van der Waals surface area (Å²) in [5, 5.41) is 5.74. The lowest BCUT2D eigenvalue weighted by atomic mass is 10.1. The summed E-state index contributed by atoms with van der Waals surface area (Å²) in [7, 11) is 3.21. The van der Waals surface area contributed by atoms with E-state index in [1.165, 1.54) is 0 Å². The molecule has 2 heterocycles. The summed E-state index contributed by atoms with van der Waals surface area (Å²) in [6.07, 6.45) is 1.47. The van der Waals surface area contributed by atoms with E-state index in [1.807, 2.05) is 19.1 Å². The van der Waals surface area contributed by atoms with E-state index in [9.17, 15) is 0 Å². The molecule has 0 spiro atoms. The molecule has 0 radical (unpaired) electrons. The van der Waals surface area contributed by atoms with Crippen LogP contribution in [0.4, 0.5) is 0 Å². The van der Waals surface area contributed by atoms with Crippen LogP contribution in [0, 0.1) is 6.92 Å². The van der Waals surface area contributed by atoms with Crippen molar-refractivity contribution in [3.63, 3.8) is 0 Å². The van der Waals surface area contributed by atoms with Crippen LogP contribution in [-0.2, 0) is 15.9 Å². The lowest BCUT2D eigenvalue weighted by molar-refractivity contribution is -0.0735. The molecule has 2 aromatic heterocycles. The van der Waals surface area contributed by atoms with Crippen molar-refractivity contribution in [1.29, 1.82) is 0 Å². The number of aryl methyl sites for hydroxylation is 1. The normalized spacial score (nSPS) is 16.1. The predicted molar refractivity (Wildman–Crippen MR) is 104 cm³/mol. The molecule has 1 aliphatic carbocycles. The Morgan fingerprint density at radius 2 is 2.07 bits per heavy atom. The maximum atomic E-state index is 6.67. The number of ether oxygens (including phenoxy) is 3. The van der Waals surface area contributed by atoms with Crippen LogP contribution < -0.4 is 4.74 Å². The van der Waals surface area contributed by atoms with Crippen molar-refractivity contribution in [2.45, 2.75) is 25.9 Å². The molecule has 27 heavy (non-hydrogen) atoms. The second-order valence-corrected chi connectivity index (χ2v) is 7.17. The van der Waals surface area contributed by atoms with Crippen molar-refractivity contribution in [2.24, 2.45) is 0 Å². The summed E-state index contributed by atoms with van der Waals surface area (Å²) < 4.78 is 17.7. The quantitative estimate of drug-likeness (QED) is 0.455. The number of methoxy groups -OCH3 is 2. The molecule has 0 saturated carbocycles. The van der Waals surface area contributed by atoms with E-state index in [2.05, 4.69) is 5.10 Å². The number of fused-ring (bicyclic) bond motifs is 2. The van der Waals surface area contributed by atoms with Crippen molar-refractivity contribution in [3.05, 3.63) is 45.3 Å². The van der Waals surface area contributed by atoms with Gasteiger partial charge in [-0.1, -0.05) is 23.2 Å². The monoisotopic (exact) mass is 407 g/mol. The van der Waals surface area contributed by atoms with Crippen molar-refractivity contribution < 1.29 is 14.2 Å². The first kappa shape index (κ1) is 18.5. The molecule has 1 aromatic carbocycles. The van der Waals surface area contributed by atoms with Crippen LogP contribution in [0.3, 0.4) is 0 Å². The molecule has 0 aliphatic heterocycles. The number of hydrogen-bond acceptors (Lipinski definition) is 5. The van der Waals surface area contributed by atoms with Gasteiger partial charge in [0.15, 0.2) is 5.65 Å². The number of rotatable bonds is 5. The number of aromatic nitrogens is 3. The molecule has 8 heteroatoms. The Morgan fingerprint density at radius 1 is 1.26 bits per heavy atom. The van der Waals surface area contributed by atoms with Crippen LogP contribution in [0.2, 0.25) is 10.2 Å². The van der Waals surface area contributed by atoms with Crippen molar-refractivity contribution in [3.8, 4) is 16.9 Å². The highest BCUT2D eigenvalue weighted by molar-refractivity contribution is 6.34. The summed E-state index contributed by atoms with van der Waals surface area (Å²) in [5.74, 6) is 0.692.